The number of hydrogen-bond acceptors (Lipinski definition) is 4. The summed E-state index contributed by atoms with van der Waals surface area (Å²) in [5.41, 5.74) is 0. The molecule has 0 amide bonds. The molecule has 4 heteroatoms. The van der Waals surface area contributed by atoms with Gasteiger partial charge in [-0.05, 0) is 31.1 Å². The van der Waals surface area contributed by atoms with Gasteiger partial charge in [0.25, 0.3) is 0 Å². The van der Waals surface area contributed by atoms with E-state index in [2.05, 4.69) is 0 Å². The Morgan fingerprint density at radius 1 is 0.750 bits per heavy atom. The molecule has 2 rings (SSSR count). The summed E-state index contributed by atoms with van der Waals surface area (Å²) in [5, 5.41) is 0. The first-order chi connectivity index (χ1) is 13.7. The second-order valence-corrected chi connectivity index (χ2v) is 8.30. The van der Waals surface area contributed by atoms with Crippen molar-refractivity contribution in [2.45, 2.75) is 89.9 Å². The summed E-state index contributed by atoms with van der Waals surface area (Å²) in [6.07, 6.45) is 22.8. The van der Waals surface area contributed by atoms with E-state index in [0.29, 0.717) is 26.1 Å². The highest BCUT2D eigenvalue weighted by atomic mass is 16.5. The zero-order valence-electron chi connectivity index (χ0n) is 17.4. The van der Waals surface area contributed by atoms with Gasteiger partial charge in [-0.1, -0.05) is 82.4 Å². The number of hydrogen-bond donors (Lipinski definition) is 0. The first kappa shape index (κ1) is 22.7. The smallest absolute Gasteiger partial charge is 0.330 e. The zero-order chi connectivity index (χ0) is 19.9. The Hall–Kier alpha value is -1.58. The third kappa shape index (κ3) is 13.6. The van der Waals surface area contributed by atoms with Gasteiger partial charge in [0, 0.05) is 12.5 Å². The zero-order valence-corrected chi connectivity index (χ0v) is 17.4. The Balaban J connectivity index is 1.33. The lowest BCUT2D eigenvalue weighted by molar-refractivity contribution is -0.143. The minimum absolute atomic E-state index is 0.142. The first-order valence-corrected chi connectivity index (χ1v) is 11.4. The largest absolute Gasteiger partial charge is 0.466 e. The van der Waals surface area contributed by atoms with E-state index in [0.717, 1.165) is 37.5 Å². The SMILES string of the molecule is O=C(/C=C/C=C/CCC(=O)OCCCCCC1CC1)OCCCCCC1CC1. The molecule has 0 bridgehead atoms. The van der Waals surface area contributed by atoms with Crippen molar-refractivity contribution in [3.63, 3.8) is 0 Å². The summed E-state index contributed by atoms with van der Waals surface area (Å²) < 4.78 is 10.4. The monoisotopic (exact) mass is 390 g/mol. The van der Waals surface area contributed by atoms with Gasteiger partial charge >= 0.3 is 11.9 Å². The molecule has 0 heterocycles. The number of unbranched alkanes of at least 4 members (excludes halogenated alkanes) is 4. The van der Waals surface area contributed by atoms with Crippen LogP contribution in [0, 0.1) is 11.8 Å². The molecular weight excluding hydrogens is 352 g/mol. The summed E-state index contributed by atoms with van der Waals surface area (Å²) in [4.78, 5) is 23.2. The first-order valence-electron chi connectivity index (χ1n) is 11.4. The second-order valence-electron chi connectivity index (χ2n) is 8.30. The summed E-state index contributed by atoms with van der Waals surface area (Å²) in [5.74, 6) is 1.54. The van der Waals surface area contributed by atoms with E-state index in [-0.39, 0.29) is 11.9 Å². The Morgan fingerprint density at radius 2 is 1.36 bits per heavy atom. The van der Waals surface area contributed by atoms with Gasteiger partial charge < -0.3 is 9.47 Å². The maximum atomic E-state index is 11.6. The quantitative estimate of drug-likeness (QED) is 0.134. The van der Waals surface area contributed by atoms with Gasteiger partial charge in [-0.15, -0.1) is 0 Å². The molecule has 2 aliphatic carbocycles. The number of ether oxygens (including phenoxy) is 2. The number of rotatable bonds is 17. The fourth-order valence-corrected chi connectivity index (χ4v) is 3.23. The van der Waals surface area contributed by atoms with Crippen LogP contribution in [-0.2, 0) is 19.1 Å². The van der Waals surface area contributed by atoms with Crippen LogP contribution in [0.1, 0.15) is 89.9 Å². The van der Waals surface area contributed by atoms with Crippen molar-refractivity contribution in [2.24, 2.45) is 11.8 Å². The van der Waals surface area contributed by atoms with E-state index in [1.807, 2.05) is 6.08 Å². The molecule has 2 saturated carbocycles. The molecule has 0 unspecified atom stereocenters. The number of allylic oxidation sites excluding steroid dienone is 3. The van der Waals surface area contributed by atoms with E-state index in [4.69, 9.17) is 9.47 Å². The van der Waals surface area contributed by atoms with E-state index < -0.39 is 0 Å². The molecule has 0 aromatic rings. The molecule has 0 N–H and O–H groups in total. The highest BCUT2D eigenvalue weighted by Gasteiger charge is 2.20. The predicted molar refractivity (Wildman–Crippen MR) is 112 cm³/mol. The van der Waals surface area contributed by atoms with E-state index in [9.17, 15) is 9.59 Å². The Morgan fingerprint density at radius 3 is 1.96 bits per heavy atom. The summed E-state index contributed by atoms with van der Waals surface area (Å²) in [7, 11) is 0. The fraction of sp³-hybridized carbons (Fsp3) is 0.750. The summed E-state index contributed by atoms with van der Waals surface area (Å²) >= 11 is 0. The topological polar surface area (TPSA) is 52.6 Å². The lowest BCUT2D eigenvalue weighted by Gasteiger charge is -2.03. The van der Waals surface area contributed by atoms with Crippen LogP contribution in [0.25, 0.3) is 0 Å². The molecule has 0 aromatic heterocycles. The molecule has 0 spiro atoms. The lowest BCUT2D eigenvalue weighted by Crippen LogP contribution is -2.05. The third-order valence-corrected chi connectivity index (χ3v) is 5.41. The van der Waals surface area contributed by atoms with E-state index >= 15 is 0 Å². The maximum absolute atomic E-state index is 11.6. The van der Waals surface area contributed by atoms with E-state index in [1.165, 1.54) is 57.4 Å². The van der Waals surface area contributed by atoms with Crippen molar-refractivity contribution >= 4 is 11.9 Å². The van der Waals surface area contributed by atoms with Crippen molar-refractivity contribution in [1.82, 2.24) is 0 Å². The highest BCUT2D eigenvalue weighted by molar-refractivity contribution is 5.82. The highest BCUT2D eigenvalue weighted by Crippen LogP contribution is 2.34. The fourth-order valence-electron chi connectivity index (χ4n) is 3.23. The minimum atomic E-state index is -0.298. The number of esters is 2. The third-order valence-electron chi connectivity index (χ3n) is 5.41. The molecule has 0 aliphatic heterocycles. The number of carbonyl (C=O) groups is 2. The average molecular weight is 391 g/mol. The molecule has 4 nitrogen and oxygen atoms in total. The van der Waals surface area contributed by atoms with Crippen LogP contribution in [0.4, 0.5) is 0 Å². The van der Waals surface area contributed by atoms with Crippen LogP contribution >= 0.6 is 0 Å². The summed E-state index contributed by atoms with van der Waals surface area (Å²) in [6, 6.07) is 0. The van der Waals surface area contributed by atoms with Crippen LogP contribution < -0.4 is 0 Å². The molecule has 2 fully saturated rings. The molecule has 158 valence electrons. The van der Waals surface area contributed by atoms with Crippen molar-refractivity contribution < 1.29 is 19.1 Å². The van der Waals surface area contributed by atoms with Crippen LogP contribution in [0.15, 0.2) is 24.3 Å². The normalized spacial score (nSPS) is 16.7. The molecule has 0 aromatic carbocycles. The predicted octanol–water partition coefficient (Wildman–Crippen LogP) is 5.91. The molecule has 0 atom stereocenters. The second kappa shape index (κ2) is 14.4. The molecule has 28 heavy (non-hydrogen) atoms. The number of carbonyl (C=O) groups excluding carboxylic acids is 2. The van der Waals surface area contributed by atoms with Gasteiger partial charge in [0.15, 0.2) is 0 Å². The lowest BCUT2D eigenvalue weighted by atomic mass is 10.1. The van der Waals surface area contributed by atoms with Crippen LogP contribution in [-0.4, -0.2) is 25.2 Å². The van der Waals surface area contributed by atoms with Crippen LogP contribution in [0.3, 0.4) is 0 Å². The Bertz CT molecular complexity index is 501. The molecular formula is C24H38O4. The average Bonchev–Trinajstić information content (AvgIpc) is 3.59. The van der Waals surface area contributed by atoms with Crippen molar-refractivity contribution in [3.05, 3.63) is 24.3 Å². The molecule has 2 aliphatic rings. The van der Waals surface area contributed by atoms with Gasteiger partial charge in [-0.25, -0.2) is 4.79 Å². The van der Waals surface area contributed by atoms with Crippen LogP contribution in [0.5, 0.6) is 0 Å². The van der Waals surface area contributed by atoms with Gasteiger partial charge in [-0.2, -0.15) is 0 Å². The minimum Gasteiger partial charge on any atom is -0.466 e. The molecule has 0 radical (unpaired) electrons. The van der Waals surface area contributed by atoms with Crippen molar-refractivity contribution in [3.8, 4) is 0 Å². The van der Waals surface area contributed by atoms with E-state index in [1.54, 1.807) is 12.2 Å². The van der Waals surface area contributed by atoms with Crippen molar-refractivity contribution in [1.29, 1.82) is 0 Å². The Labute approximate surface area is 170 Å². The van der Waals surface area contributed by atoms with Crippen LogP contribution in [0.2, 0.25) is 0 Å². The Kier molecular flexibility index (Phi) is 11.7. The van der Waals surface area contributed by atoms with Gasteiger partial charge in [0.1, 0.15) is 0 Å². The maximum Gasteiger partial charge on any atom is 0.330 e. The van der Waals surface area contributed by atoms with Gasteiger partial charge in [0.2, 0.25) is 0 Å². The summed E-state index contributed by atoms with van der Waals surface area (Å²) in [6.45, 7) is 1.05. The van der Waals surface area contributed by atoms with Gasteiger partial charge in [-0.3, -0.25) is 4.79 Å². The van der Waals surface area contributed by atoms with Gasteiger partial charge in [0.05, 0.1) is 13.2 Å². The van der Waals surface area contributed by atoms with Crippen molar-refractivity contribution in [2.75, 3.05) is 13.2 Å². The molecule has 0 saturated heterocycles. The standard InChI is InChI=1S/C24H38O4/c25-23(27-19-9-3-5-11-21-15-16-21)13-7-1-2-8-14-24(26)28-20-10-4-6-12-22-17-18-22/h1-2,7,13,21-22H,3-6,8-12,14-20H2/b2-1+,13-7+.